The van der Waals surface area contributed by atoms with Gasteiger partial charge in [-0.3, -0.25) is 4.79 Å². The third-order valence-corrected chi connectivity index (χ3v) is 1.91. The predicted molar refractivity (Wildman–Crippen MR) is 53.5 cm³/mol. The lowest BCUT2D eigenvalue weighted by molar-refractivity contribution is -0.121. The highest BCUT2D eigenvalue weighted by molar-refractivity contribution is 5.92. The molecule has 0 radical (unpaired) electrons. The van der Waals surface area contributed by atoms with Gasteiger partial charge in [0.1, 0.15) is 0 Å². The van der Waals surface area contributed by atoms with Gasteiger partial charge in [-0.1, -0.05) is 17.7 Å². The highest BCUT2D eigenvalue weighted by atomic mass is 19.3. The lowest BCUT2D eigenvalue weighted by Crippen LogP contribution is -2.38. The van der Waals surface area contributed by atoms with Crippen molar-refractivity contribution in [3.05, 3.63) is 29.8 Å². The minimum Gasteiger partial charge on any atom is -0.273 e. The maximum absolute atomic E-state index is 11.9. The molecule has 0 unspecified atom stereocenters. The van der Waals surface area contributed by atoms with E-state index in [4.69, 9.17) is 5.84 Å². The van der Waals surface area contributed by atoms with Gasteiger partial charge in [0.2, 0.25) is 12.3 Å². The molecule has 0 aliphatic carbocycles. The molecule has 0 aliphatic rings. The first-order chi connectivity index (χ1) is 7.00. The standard InChI is InChI=1S/C10H12F2N2O/c1-7-2-4-8(5-3-7)14(13)10(15)6-9(11)12/h2-5,9H,6,13H2,1H3. The molecule has 2 N–H and O–H groups in total. The molecule has 5 heteroatoms. The van der Waals surface area contributed by atoms with Crippen molar-refractivity contribution in [2.45, 2.75) is 19.8 Å². The van der Waals surface area contributed by atoms with Gasteiger partial charge in [0.15, 0.2) is 0 Å². The summed E-state index contributed by atoms with van der Waals surface area (Å²) in [5.74, 6) is 4.59. The summed E-state index contributed by atoms with van der Waals surface area (Å²) in [5, 5.41) is 0.742. The van der Waals surface area contributed by atoms with Gasteiger partial charge in [-0.05, 0) is 19.1 Å². The molecule has 0 aromatic heterocycles. The Morgan fingerprint density at radius 2 is 1.93 bits per heavy atom. The number of carbonyl (C=O) groups excluding carboxylic acids is 1. The second-order valence-electron chi connectivity index (χ2n) is 3.19. The van der Waals surface area contributed by atoms with Gasteiger partial charge in [-0.15, -0.1) is 0 Å². The summed E-state index contributed by atoms with van der Waals surface area (Å²) < 4.78 is 23.8. The molecule has 0 saturated heterocycles. The second kappa shape index (κ2) is 4.84. The first kappa shape index (κ1) is 11.6. The first-order valence-electron chi connectivity index (χ1n) is 4.43. The smallest absolute Gasteiger partial charge is 0.247 e. The Bertz CT molecular complexity index is 338. The average molecular weight is 214 g/mol. The van der Waals surface area contributed by atoms with Crippen LogP contribution >= 0.6 is 0 Å². The van der Waals surface area contributed by atoms with Crippen LogP contribution in [0.3, 0.4) is 0 Å². The minimum atomic E-state index is -2.67. The fraction of sp³-hybridized carbons (Fsp3) is 0.300. The average Bonchev–Trinajstić information content (AvgIpc) is 2.17. The van der Waals surface area contributed by atoms with Crippen LogP contribution in [0.1, 0.15) is 12.0 Å². The molecule has 0 spiro atoms. The van der Waals surface area contributed by atoms with Crippen LogP contribution in [0.15, 0.2) is 24.3 Å². The Labute approximate surface area is 86.5 Å². The van der Waals surface area contributed by atoms with E-state index in [1.54, 1.807) is 24.3 Å². The van der Waals surface area contributed by atoms with E-state index in [1.807, 2.05) is 6.92 Å². The molecule has 0 fully saturated rings. The van der Waals surface area contributed by atoms with Crippen LogP contribution < -0.4 is 10.9 Å². The number of nitrogens with zero attached hydrogens (tertiary/aromatic N) is 1. The summed E-state index contributed by atoms with van der Waals surface area (Å²) in [6.07, 6.45) is -3.53. The molecule has 82 valence electrons. The van der Waals surface area contributed by atoms with Gasteiger partial charge in [0.25, 0.3) is 0 Å². The van der Waals surface area contributed by atoms with Gasteiger partial charge in [0, 0.05) is 0 Å². The number of nitrogens with two attached hydrogens (primary N) is 1. The summed E-state index contributed by atoms with van der Waals surface area (Å²) in [5.41, 5.74) is 1.42. The quantitative estimate of drug-likeness (QED) is 0.474. The van der Waals surface area contributed by atoms with E-state index in [0.717, 1.165) is 10.6 Å². The maximum Gasteiger partial charge on any atom is 0.247 e. The topological polar surface area (TPSA) is 46.3 Å². The number of carbonyl (C=O) groups is 1. The van der Waals surface area contributed by atoms with Gasteiger partial charge in [0.05, 0.1) is 12.1 Å². The van der Waals surface area contributed by atoms with Gasteiger partial charge >= 0.3 is 0 Å². The Morgan fingerprint density at radius 3 is 2.40 bits per heavy atom. The molecule has 3 nitrogen and oxygen atoms in total. The molecule has 0 atom stereocenters. The highest BCUT2D eigenvalue weighted by Gasteiger charge is 2.16. The maximum atomic E-state index is 11.9. The molecule has 0 heterocycles. The SMILES string of the molecule is Cc1ccc(N(N)C(=O)CC(F)F)cc1. The number of hydrazine groups is 1. The van der Waals surface area contributed by atoms with Gasteiger partial charge < -0.3 is 0 Å². The van der Waals surface area contributed by atoms with Crippen LogP contribution in [0.4, 0.5) is 14.5 Å². The van der Waals surface area contributed by atoms with Crippen molar-refractivity contribution in [2.75, 3.05) is 5.01 Å². The Hall–Kier alpha value is -1.49. The van der Waals surface area contributed by atoms with Gasteiger partial charge in [-0.2, -0.15) is 0 Å². The summed E-state index contributed by atoms with van der Waals surface area (Å²) in [6, 6.07) is 6.73. The van der Waals surface area contributed by atoms with Crippen LogP contribution in [0, 0.1) is 6.92 Å². The number of hydrogen-bond donors (Lipinski definition) is 1. The Balaban J connectivity index is 2.71. The van der Waals surface area contributed by atoms with E-state index in [-0.39, 0.29) is 0 Å². The van der Waals surface area contributed by atoms with E-state index >= 15 is 0 Å². The van der Waals surface area contributed by atoms with Gasteiger partial charge in [-0.25, -0.2) is 19.6 Å². The van der Waals surface area contributed by atoms with Crippen LogP contribution in [0.2, 0.25) is 0 Å². The molecule has 0 bridgehead atoms. The fourth-order valence-corrected chi connectivity index (χ4v) is 1.08. The number of halogens is 2. The third kappa shape index (κ3) is 3.28. The van der Waals surface area contributed by atoms with Crippen LogP contribution in [0.5, 0.6) is 0 Å². The van der Waals surface area contributed by atoms with Crippen molar-refractivity contribution in [3.63, 3.8) is 0 Å². The zero-order valence-electron chi connectivity index (χ0n) is 8.28. The monoisotopic (exact) mass is 214 g/mol. The number of anilines is 1. The highest BCUT2D eigenvalue weighted by Crippen LogP contribution is 2.13. The molecule has 1 aromatic rings. The first-order valence-corrected chi connectivity index (χ1v) is 4.43. The van der Waals surface area contributed by atoms with E-state index in [1.165, 1.54) is 0 Å². The zero-order valence-corrected chi connectivity index (χ0v) is 8.28. The molecular formula is C10H12F2N2O. The molecular weight excluding hydrogens is 202 g/mol. The fourth-order valence-electron chi connectivity index (χ4n) is 1.08. The number of alkyl halides is 2. The minimum absolute atomic E-state index is 0.409. The summed E-state index contributed by atoms with van der Waals surface area (Å²) in [6.45, 7) is 1.88. The summed E-state index contributed by atoms with van der Waals surface area (Å²) in [7, 11) is 0. The third-order valence-electron chi connectivity index (χ3n) is 1.91. The van der Waals surface area contributed by atoms with Crippen molar-refractivity contribution < 1.29 is 13.6 Å². The van der Waals surface area contributed by atoms with Crippen LogP contribution in [0.25, 0.3) is 0 Å². The van der Waals surface area contributed by atoms with Crippen molar-refractivity contribution in [1.29, 1.82) is 0 Å². The summed E-state index contributed by atoms with van der Waals surface area (Å²) >= 11 is 0. The Morgan fingerprint density at radius 1 is 1.40 bits per heavy atom. The van der Waals surface area contributed by atoms with E-state index in [9.17, 15) is 13.6 Å². The number of hydrogen-bond acceptors (Lipinski definition) is 2. The number of rotatable bonds is 3. The molecule has 0 aliphatic heterocycles. The molecule has 1 amide bonds. The van der Waals surface area contributed by atoms with E-state index < -0.39 is 18.8 Å². The number of benzene rings is 1. The van der Waals surface area contributed by atoms with Crippen molar-refractivity contribution in [1.82, 2.24) is 0 Å². The van der Waals surface area contributed by atoms with Crippen LogP contribution in [-0.2, 0) is 4.79 Å². The molecule has 0 saturated carbocycles. The molecule has 1 aromatic carbocycles. The van der Waals surface area contributed by atoms with Crippen molar-refractivity contribution in [3.8, 4) is 0 Å². The second-order valence-corrected chi connectivity index (χ2v) is 3.19. The largest absolute Gasteiger partial charge is 0.273 e. The normalized spacial score (nSPS) is 10.5. The lowest BCUT2D eigenvalue weighted by atomic mass is 10.2. The summed E-state index contributed by atoms with van der Waals surface area (Å²) in [4.78, 5) is 11.2. The predicted octanol–water partition coefficient (Wildman–Crippen LogP) is 1.86. The molecule has 15 heavy (non-hydrogen) atoms. The van der Waals surface area contributed by atoms with E-state index in [0.29, 0.717) is 5.69 Å². The number of aryl methyl sites for hydroxylation is 1. The zero-order chi connectivity index (χ0) is 11.4. The molecule has 1 rings (SSSR count). The van der Waals surface area contributed by atoms with Crippen molar-refractivity contribution >= 4 is 11.6 Å². The van der Waals surface area contributed by atoms with Crippen molar-refractivity contribution in [2.24, 2.45) is 5.84 Å². The van der Waals surface area contributed by atoms with E-state index in [2.05, 4.69) is 0 Å². The number of amides is 1. The lowest BCUT2D eigenvalue weighted by Gasteiger charge is -2.16. The van der Waals surface area contributed by atoms with Crippen LogP contribution in [-0.4, -0.2) is 12.3 Å². The Kier molecular flexibility index (Phi) is 3.74.